The molecule has 1 aliphatic carbocycles. The highest BCUT2D eigenvalue weighted by atomic mass is 32.2. The van der Waals surface area contributed by atoms with E-state index in [1.54, 1.807) is 24.3 Å². The van der Waals surface area contributed by atoms with Gasteiger partial charge in [0.1, 0.15) is 5.00 Å². The van der Waals surface area contributed by atoms with E-state index in [-0.39, 0.29) is 10.7 Å². The summed E-state index contributed by atoms with van der Waals surface area (Å²) in [5.74, 6) is 0.729. The molecule has 162 valence electrons. The van der Waals surface area contributed by atoms with Crippen LogP contribution in [0.4, 0.5) is 5.00 Å². The molecule has 1 aromatic heterocycles. The van der Waals surface area contributed by atoms with Crippen LogP contribution < -0.4 is 9.03 Å². The number of amidine groups is 1. The average Bonchev–Trinajstić information content (AvgIpc) is 3.41. The molecule has 2 aromatic carbocycles. The van der Waals surface area contributed by atoms with E-state index in [0.29, 0.717) is 18.0 Å². The SMILES string of the molecule is Cc1c(N(CCC2CC2)S(=O)(=O)c2ccccc2C2=NOS(=O)N2)sc2ccccc12. The standard InChI is InChI=1S/C21H21N3O4S3/c1-14-16-6-2-4-8-18(16)29-21(14)24(13-12-15-10-11-15)31(26,27)19-9-5-3-7-17(19)20-22-28-30(25)23-20/h2-9,15H,10-13H2,1H3,(H,22,23). The summed E-state index contributed by atoms with van der Waals surface area (Å²) in [4.78, 5) is 0.108. The highest BCUT2D eigenvalue weighted by molar-refractivity contribution is 7.93. The van der Waals surface area contributed by atoms with Gasteiger partial charge >= 0.3 is 11.3 Å². The molecule has 2 heterocycles. The lowest BCUT2D eigenvalue weighted by Crippen LogP contribution is -2.34. The van der Waals surface area contributed by atoms with Crippen LogP contribution in [-0.2, 0) is 25.6 Å². The molecule has 0 bridgehead atoms. The fourth-order valence-corrected chi connectivity index (χ4v) is 7.40. The molecule has 1 fully saturated rings. The second-order valence-electron chi connectivity index (χ2n) is 7.68. The Kier molecular flexibility index (Phi) is 5.23. The molecule has 0 amide bonds. The number of nitrogens with zero attached hydrogens (tertiary/aromatic N) is 2. The van der Waals surface area contributed by atoms with Crippen LogP contribution in [0.3, 0.4) is 0 Å². The molecule has 3 aromatic rings. The van der Waals surface area contributed by atoms with Crippen LogP contribution in [0.25, 0.3) is 10.1 Å². The topological polar surface area (TPSA) is 88.1 Å². The van der Waals surface area contributed by atoms with Gasteiger partial charge in [-0.1, -0.05) is 43.2 Å². The average molecular weight is 476 g/mol. The van der Waals surface area contributed by atoms with E-state index < -0.39 is 21.3 Å². The molecule has 0 saturated heterocycles. The zero-order chi connectivity index (χ0) is 21.6. The van der Waals surface area contributed by atoms with Crippen molar-refractivity contribution in [2.75, 3.05) is 10.8 Å². The maximum Gasteiger partial charge on any atom is 0.338 e. The summed E-state index contributed by atoms with van der Waals surface area (Å²) in [5.41, 5.74) is 1.29. The summed E-state index contributed by atoms with van der Waals surface area (Å²) in [5, 5.41) is 5.55. The van der Waals surface area contributed by atoms with Gasteiger partial charge in [-0.3, -0.25) is 13.3 Å². The molecule has 2 aliphatic rings. The van der Waals surface area contributed by atoms with E-state index in [4.69, 9.17) is 4.28 Å². The zero-order valence-corrected chi connectivity index (χ0v) is 19.2. The number of aryl methyl sites for hydroxylation is 1. The molecular formula is C21H21N3O4S3. The Hall–Kier alpha value is -2.43. The Morgan fingerprint density at radius 2 is 1.94 bits per heavy atom. The van der Waals surface area contributed by atoms with Gasteiger partial charge in [-0.2, -0.15) is 4.21 Å². The van der Waals surface area contributed by atoms with Crippen LogP contribution in [-0.4, -0.2) is 25.0 Å². The summed E-state index contributed by atoms with van der Waals surface area (Å²) < 4.78 is 49.4. The number of thiophene rings is 1. The van der Waals surface area contributed by atoms with E-state index in [0.717, 1.165) is 39.9 Å². The van der Waals surface area contributed by atoms with Crippen molar-refractivity contribution in [1.82, 2.24) is 4.72 Å². The number of rotatable bonds is 7. The highest BCUT2D eigenvalue weighted by Gasteiger charge is 2.34. The van der Waals surface area contributed by atoms with Crippen molar-refractivity contribution < 1.29 is 16.9 Å². The zero-order valence-electron chi connectivity index (χ0n) is 16.8. The first-order valence-electron chi connectivity index (χ1n) is 9.99. The Morgan fingerprint density at radius 1 is 1.19 bits per heavy atom. The molecule has 0 radical (unpaired) electrons. The van der Waals surface area contributed by atoms with Gasteiger partial charge < -0.3 is 0 Å². The third kappa shape index (κ3) is 3.83. The monoisotopic (exact) mass is 475 g/mol. The number of benzene rings is 2. The molecule has 0 spiro atoms. The summed E-state index contributed by atoms with van der Waals surface area (Å²) in [7, 11) is -3.91. The predicted molar refractivity (Wildman–Crippen MR) is 124 cm³/mol. The maximum absolute atomic E-state index is 14.0. The second kappa shape index (κ2) is 7.92. The largest absolute Gasteiger partial charge is 0.338 e. The van der Waals surface area contributed by atoms with Crippen molar-refractivity contribution in [2.24, 2.45) is 11.1 Å². The maximum atomic E-state index is 14.0. The molecule has 7 nitrogen and oxygen atoms in total. The summed E-state index contributed by atoms with van der Waals surface area (Å²) in [6.07, 6.45) is 3.13. The van der Waals surface area contributed by atoms with Gasteiger partial charge in [0.15, 0.2) is 5.84 Å². The summed E-state index contributed by atoms with van der Waals surface area (Å²) in [6, 6.07) is 14.6. The van der Waals surface area contributed by atoms with Crippen LogP contribution in [0.5, 0.6) is 0 Å². The van der Waals surface area contributed by atoms with E-state index in [1.807, 2.05) is 31.2 Å². The molecular weight excluding hydrogens is 454 g/mol. The van der Waals surface area contributed by atoms with Gasteiger partial charge in [0.25, 0.3) is 10.0 Å². The molecule has 1 unspecified atom stereocenters. The number of fused-ring (bicyclic) bond motifs is 1. The van der Waals surface area contributed by atoms with Crippen molar-refractivity contribution in [3.63, 3.8) is 0 Å². The number of nitrogens with one attached hydrogen (secondary N) is 1. The fraction of sp³-hybridized carbons (Fsp3) is 0.286. The lowest BCUT2D eigenvalue weighted by atomic mass is 10.2. The first-order valence-corrected chi connectivity index (χ1v) is 13.3. The van der Waals surface area contributed by atoms with Crippen molar-refractivity contribution in [1.29, 1.82) is 0 Å². The number of hydrogen-bond acceptors (Lipinski definition) is 6. The lowest BCUT2D eigenvalue weighted by Gasteiger charge is -2.25. The van der Waals surface area contributed by atoms with Gasteiger partial charge in [0.2, 0.25) is 0 Å². The molecule has 5 rings (SSSR count). The number of anilines is 1. The van der Waals surface area contributed by atoms with Gasteiger partial charge in [-0.15, -0.1) is 11.3 Å². The molecule has 31 heavy (non-hydrogen) atoms. The van der Waals surface area contributed by atoms with Crippen LogP contribution in [0.2, 0.25) is 0 Å². The Labute approximate surface area is 187 Å². The number of hydrogen-bond donors (Lipinski definition) is 1. The Bertz CT molecular complexity index is 1310. The fourth-order valence-electron chi connectivity index (χ4n) is 3.73. The Balaban J connectivity index is 1.62. The van der Waals surface area contributed by atoms with E-state index >= 15 is 0 Å². The van der Waals surface area contributed by atoms with Crippen LogP contribution in [0, 0.1) is 12.8 Å². The Morgan fingerprint density at radius 3 is 2.65 bits per heavy atom. The smallest absolute Gasteiger partial charge is 0.269 e. The van der Waals surface area contributed by atoms with Crippen molar-refractivity contribution in [3.8, 4) is 0 Å². The quantitative estimate of drug-likeness (QED) is 0.558. The van der Waals surface area contributed by atoms with E-state index in [1.165, 1.54) is 15.6 Å². The van der Waals surface area contributed by atoms with Gasteiger partial charge in [0, 0.05) is 16.8 Å². The van der Waals surface area contributed by atoms with Crippen molar-refractivity contribution >= 4 is 53.5 Å². The molecule has 1 aliphatic heterocycles. The first kappa shape index (κ1) is 20.5. The third-order valence-electron chi connectivity index (χ3n) is 5.57. The van der Waals surface area contributed by atoms with Crippen LogP contribution >= 0.6 is 11.3 Å². The van der Waals surface area contributed by atoms with Gasteiger partial charge in [-0.05, 0) is 53.6 Å². The first-order chi connectivity index (χ1) is 14.9. The third-order valence-corrected chi connectivity index (χ3v) is 9.41. The van der Waals surface area contributed by atoms with E-state index in [2.05, 4.69) is 9.88 Å². The summed E-state index contributed by atoms with van der Waals surface area (Å²) in [6.45, 7) is 2.39. The van der Waals surface area contributed by atoms with Crippen LogP contribution in [0.15, 0.2) is 58.6 Å². The minimum Gasteiger partial charge on any atom is -0.269 e. The van der Waals surface area contributed by atoms with E-state index in [9.17, 15) is 12.6 Å². The molecule has 1 saturated carbocycles. The number of sulfonamides is 1. The van der Waals surface area contributed by atoms with Crippen molar-refractivity contribution in [2.45, 2.75) is 31.1 Å². The molecule has 1 N–H and O–H groups in total. The van der Waals surface area contributed by atoms with Gasteiger partial charge in [-0.25, -0.2) is 8.42 Å². The second-order valence-corrected chi connectivity index (χ2v) is 11.4. The van der Waals surface area contributed by atoms with Crippen LogP contribution in [0.1, 0.15) is 30.4 Å². The van der Waals surface area contributed by atoms with Gasteiger partial charge in [0.05, 0.1) is 4.90 Å². The normalized spacial score (nSPS) is 18.5. The molecule has 10 heteroatoms. The molecule has 1 atom stereocenters. The highest BCUT2D eigenvalue weighted by Crippen LogP contribution is 2.41. The summed E-state index contributed by atoms with van der Waals surface area (Å²) >= 11 is -0.319. The lowest BCUT2D eigenvalue weighted by molar-refractivity contribution is 0.385. The van der Waals surface area contributed by atoms with Crippen molar-refractivity contribution in [3.05, 3.63) is 59.7 Å². The predicted octanol–water partition coefficient (Wildman–Crippen LogP) is 4.07. The minimum absolute atomic E-state index is 0.108. The minimum atomic E-state index is -3.91. The number of oxime groups is 1.